The lowest BCUT2D eigenvalue weighted by molar-refractivity contribution is 0.0935. The second kappa shape index (κ2) is 6.48. The predicted octanol–water partition coefficient (Wildman–Crippen LogP) is 2.43. The van der Waals surface area contributed by atoms with Crippen LogP contribution in [0.25, 0.3) is 16.8 Å². The fraction of sp³-hybridized carbons (Fsp3) is 0.211. The molecule has 1 fully saturated rings. The summed E-state index contributed by atoms with van der Waals surface area (Å²) in [6.07, 6.45) is 8.13. The molecular weight excluding hydrogens is 333 g/mol. The van der Waals surface area contributed by atoms with Crippen LogP contribution in [-0.2, 0) is 0 Å². The Hall–Kier alpha value is -3.40. The Morgan fingerprint density at radius 1 is 1.31 bits per heavy atom. The Balaban J connectivity index is 1.54. The highest BCUT2D eigenvalue weighted by molar-refractivity contribution is 5.95. The molecule has 1 N–H and O–H groups in total. The van der Waals surface area contributed by atoms with Gasteiger partial charge in [0.05, 0.1) is 5.56 Å². The van der Waals surface area contributed by atoms with Crippen LogP contribution < -0.4 is 5.32 Å². The standard InChI is InChI=1S/C19H16FN5O/c20-17-9-13(14-2-4-18-22-6-8-25(18)10-14)1-3-16(17)19(26)23-15-5-7-24(11-15)12-21/h1-4,6,8-10,15H,5,7,11H2,(H,23,26). The van der Waals surface area contributed by atoms with Gasteiger partial charge in [0.2, 0.25) is 0 Å². The molecule has 1 saturated heterocycles. The number of nitrogens with one attached hydrogen (secondary N) is 1. The van der Waals surface area contributed by atoms with E-state index in [1.807, 2.05) is 28.9 Å². The average Bonchev–Trinajstić information content (AvgIpc) is 3.29. The molecule has 1 aliphatic heterocycles. The number of pyridine rings is 1. The zero-order valence-electron chi connectivity index (χ0n) is 13.9. The van der Waals surface area contributed by atoms with E-state index in [9.17, 15) is 9.18 Å². The van der Waals surface area contributed by atoms with E-state index in [1.165, 1.54) is 12.1 Å². The van der Waals surface area contributed by atoms with Crippen LogP contribution in [0.1, 0.15) is 16.8 Å². The number of carbonyl (C=O) groups excluding carboxylic acids is 1. The quantitative estimate of drug-likeness (QED) is 0.737. The lowest BCUT2D eigenvalue weighted by Gasteiger charge is -2.13. The second-order valence-corrected chi connectivity index (χ2v) is 6.31. The van der Waals surface area contributed by atoms with Crippen LogP contribution in [0.4, 0.5) is 4.39 Å². The number of nitriles is 1. The van der Waals surface area contributed by atoms with Crippen LogP contribution in [0.3, 0.4) is 0 Å². The molecule has 26 heavy (non-hydrogen) atoms. The van der Waals surface area contributed by atoms with Gasteiger partial charge in [0.25, 0.3) is 5.91 Å². The molecule has 0 spiro atoms. The maximum Gasteiger partial charge on any atom is 0.254 e. The van der Waals surface area contributed by atoms with Crippen molar-refractivity contribution in [3.8, 4) is 17.3 Å². The molecule has 130 valence electrons. The molecule has 0 aliphatic carbocycles. The summed E-state index contributed by atoms with van der Waals surface area (Å²) in [5.41, 5.74) is 2.34. The van der Waals surface area contributed by atoms with Crippen LogP contribution in [0.2, 0.25) is 0 Å². The predicted molar refractivity (Wildman–Crippen MR) is 93.6 cm³/mol. The number of amides is 1. The Morgan fingerprint density at radius 2 is 2.15 bits per heavy atom. The molecule has 4 rings (SSSR count). The molecule has 1 unspecified atom stereocenters. The first-order valence-corrected chi connectivity index (χ1v) is 8.32. The fourth-order valence-electron chi connectivity index (χ4n) is 3.20. The molecule has 3 heterocycles. The first kappa shape index (κ1) is 16.1. The van der Waals surface area contributed by atoms with Crippen molar-refractivity contribution >= 4 is 11.6 Å². The number of hydrogen-bond donors (Lipinski definition) is 1. The highest BCUT2D eigenvalue weighted by atomic mass is 19.1. The van der Waals surface area contributed by atoms with Crippen LogP contribution in [0.5, 0.6) is 0 Å². The second-order valence-electron chi connectivity index (χ2n) is 6.31. The number of halogens is 1. The largest absolute Gasteiger partial charge is 0.347 e. The summed E-state index contributed by atoms with van der Waals surface area (Å²) < 4.78 is 16.4. The number of benzene rings is 1. The third-order valence-electron chi connectivity index (χ3n) is 4.60. The van der Waals surface area contributed by atoms with E-state index in [2.05, 4.69) is 16.5 Å². The summed E-state index contributed by atoms with van der Waals surface area (Å²) in [7, 11) is 0. The van der Waals surface area contributed by atoms with Crippen molar-refractivity contribution in [1.29, 1.82) is 5.26 Å². The summed E-state index contributed by atoms with van der Waals surface area (Å²) in [5, 5.41) is 11.7. The van der Waals surface area contributed by atoms with Crippen LogP contribution >= 0.6 is 0 Å². The van der Waals surface area contributed by atoms with Crippen molar-refractivity contribution in [1.82, 2.24) is 19.6 Å². The number of hydrogen-bond acceptors (Lipinski definition) is 4. The number of likely N-dealkylation sites (tertiary alicyclic amines) is 1. The van der Waals surface area contributed by atoms with E-state index in [1.54, 1.807) is 17.2 Å². The minimum atomic E-state index is -0.569. The summed E-state index contributed by atoms with van der Waals surface area (Å²) in [6, 6.07) is 8.18. The number of fused-ring (bicyclic) bond motifs is 1. The molecule has 0 bridgehead atoms. The van der Waals surface area contributed by atoms with E-state index in [4.69, 9.17) is 5.26 Å². The van der Waals surface area contributed by atoms with Crippen molar-refractivity contribution in [2.24, 2.45) is 0 Å². The summed E-state index contributed by atoms with van der Waals surface area (Å²) in [4.78, 5) is 18.1. The molecule has 1 atom stereocenters. The van der Waals surface area contributed by atoms with Gasteiger partial charge in [0.1, 0.15) is 11.5 Å². The first-order valence-electron chi connectivity index (χ1n) is 8.32. The van der Waals surface area contributed by atoms with Gasteiger partial charge in [-0.1, -0.05) is 6.07 Å². The minimum Gasteiger partial charge on any atom is -0.347 e. The van der Waals surface area contributed by atoms with Crippen molar-refractivity contribution in [3.05, 3.63) is 60.3 Å². The van der Waals surface area contributed by atoms with E-state index in [0.717, 1.165) is 11.2 Å². The van der Waals surface area contributed by atoms with Gasteiger partial charge in [-0.2, -0.15) is 5.26 Å². The SMILES string of the molecule is N#CN1CCC(NC(=O)c2ccc(-c3ccc4nccn4c3)cc2F)C1. The number of carbonyl (C=O) groups is 1. The number of nitrogens with zero attached hydrogens (tertiary/aromatic N) is 4. The molecule has 1 amide bonds. The van der Waals surface area contributed by atoms with Gasteiger partial charge in [-0.15, -0.1) is 0 Å². The molecule has 0 radical (unpaired) electrons. The summed E-state index contributed by atoms with van der Waals surface area (Å²) in [5.74, 6) is -1.02. The molecule has 0 saturated carbocycles. The Labute approximate surface area is 149 Å². The maximum absolute atomic E-state index is 14.5. The molecule has 3 aromatic rings. The van der Waals surface area contributed by atoms with Gasteiger partial charge < -0.3 is 14.6 Å². The van der Waals surface area contributed by atoms with Gasteiger partial charge >= 0.3 is 0 Å². The topological polar surface area (TPSA) is 73.4 Å². The normalized spacial score (nSPS) is 16.6. The summed E-state index contributed by atoms with van der Waals surface area (Å²) >= 11 is 0. The maximum atomic E-state index is 14.5. The zero-order chi connectivity index (χ0) is 18.1. The van der Waals surface area contributed by atoms with Crippen molar-refractivity contribution < 1.29 is 9.18 Å². The first-order chi connectivity index (χ1) is 12.6. The Bertz CT molecular complexity index is 1020. The summed E-state index contributed by atoms with van der Waals surface area (Å²) in [6.45, 7) is 1.08. The molecular formula is C19H16FN5O. The van der Waals surface area contributed by atoms with Crippen LogP contribution in [-0.4, -0.2) is 39.3 Å². The highest BCUT2D eigenvalue weighted by Crippen LogP contribution is 2.23. The average molecular weight is 349 g/mol. The highest BCUT2D eigenvalue weighted by Gasteiger charge is 2.24. The minimum absolute atomic E-state index is 0.00728. The Kier molecular flexibility index (Phi) is 4.01. The van der Waals surface area contributed by atoms with Crippen LogP contribution in [0.15, 0.2) is 48.9 Å². The third-order valence-corrected chi connectivity index (χ3v) is 4.60. The van der Waals surface area contributed by atoms with E-state index < -0.39 is 11.7 Å². The fourth-order valence-corrected chi connectivity index (χ4v) is 3.20. The van der Waals surface area contributed by atoms with Gasteiger partial charge in [0, 0.05) is 37.7 Å². The number of aromatic nitrogens is 2. The van der Waals surface area contributed by atoms with Crippen LogP contribution in [0, 0.1) is 17.3 Å². The van der Waals surface area contributed by atoms with Crippen molar-refractivity contribution in [3.63, 3.8) is 0 Å². The molecule has 7 heteroatoms. The van der Waals surface area contributed by atoms with E-state index >= 15 is 0 Å². The monoisotopic (exact) mass is 349 g/mol. The van der Waals surface area contributed by atoms with Gasteiger partial charge in [-0.05, 0) is 41.8 Å². The molecule has 1 aliphatic rings. The van der Waals surface area contributed by atoms with Crippen molar-refractivity contribution in [2.45, 2.75) is 12.5 Å². The molecule has 6 nitrogen and oxygen atoms in total. The van der Waals surface area contributed by atoms with Gasteiger partial charge in [0.15, 0.2) is 6.19 Å². The lowest BCUT2D eigenvalue weighted by atomic mass is 10.0. The third kappa shape index (κ3) is 2.97. The van der Waals surface area contributed by atoms with Gasteiger partial charge in [-0.3, -0.25) is 4.79 Å². The van der Waals surface area contributed by atoms with E-state index in [0.29, 0.717) is 25.1 Å². The number of rotatable bonds is 3. The molecule has 2 aromatic heterocycles. The van der Waals surface area contributed by atoms with Gasteiger partial charge in [-0.25, -0.2) is 9.37 Å². The lowest BCUT2D eigenvalue weighted by Crippen LogP contribution is -2.36. The van der Waals surface area contributed by atoms with E-state index in [-0.39, 0.29) is 11.6 Å². The molecule has 1 aromatic carbocycles. The van der Waals surface area contributed by atoms with Crippen molar-refractivity contribution in [2.75, 3.05) is 13.1 Å². The zero-order valence-corrected chi connectivity index (χ0v) is 13.9. The number of imidazole rings is 1. The smallest absolute Gasteiger partial charge is 0.254 e. The Morgan fingerprint density at radius 3 is 2.92 bits per heavy atom.